The van der Waals surface area contributed by atoms with Crippen LogP contribution < -0.4 is 0 Å². The van der Waals surface area contributed by atoms with E-state index in [1.807, 2.05) is 0 Å². The predicted octanol–water partition coefficient (Wildman–Crippen LogP) is 3.71. The zero-order valence-electron chi connectivity index (χ0n) is 8.03. The molecule has 1 heterocycles. The summed E-state index contributed by atoms with van der Waals surface area (Å²) in [4.78, 5) is 13.4. The van der Waals surface area contributed by atoms with E-state index in [-0.39, 0.29) is 15.9 Å². The molecule has 1 aromatic carbocycles. The highest BCUT2D eigenvalue weighted by molar-refractivity contribution is 6.31. The SMILES string of the molecule is O=C(c1c[nH]c2cc(F)c(Cl)cc12)C(F)(F)F. The fraction of sp³-hybridized carbons (Fsp3) is 0.100. The van der Waals surface area contributed by atoms with Crippen LogP contribution in [0, 0.1) is 5.82 Å². The van der Waals surface area contributed by atoms with Gasteiger partial charge in [-0.3, -0.25) is 4.79 Å². The van der Waals surface area contributed by atoms with Crippen molar-refractivity contribution in [3.63, 3.8) is 0 Å². The van der Waals surface area contributed by atoms with Crippen molar-refractivity contribution in [2.75, 3.05) is 0 Å². The van der Waals surface area contributed by atoms with E-state index >= 15 is 0 Å². The lowest BCUT2D eigenvalue weighted by atomic mass is 10.1. The van der Waals surface area contributed by atoms with Crippen molar-refractivity contribution in [1.82, 2.24) is 4.98 Å². The molecular weight excluding hydrogens is 262 g/mol. The number of benzene rings is 1. The van der Waals surface area contributed by atoms with Gasteiger partial charge in [-0.15, -0.1) is 0 Å². The summed E-state index contributed by atoms with van der Waals surface area (Å²) in [7, 11) is 0. The van der Waals surface area contributed by atoms with Crippen molar-refractivity contribution < 1.29 is 22.4 Å². The molecule has 0 spiro atoms. The topological polar surface area (TPSA) is 32.9 Å². The second-order valence-corrected chi connectivity index (χ2v) is 3.75. The molecule has 2 aromatic rings. The van der Waals surface area contributed by atoms with Crippen LogP contribution in [-0.2, 0) is 0 Å². The van der Waals surface area contributed by atoms with Gasteiger partial charge >= 0.3 is 6.18 Å². The van der Waals surface area contributed by atoms with Gasteiger partial charge in [0.25, 0.3) is 5.78 Å². The summed E-state index contributed by atoms with van der Waals surface area (Å²) in [5.74, 6) is -2.77. The zero-order valence-corrected chi connectivity index (χ0v) is 8.79. The number of nitrogens with one attached hydrogen (secondary N) is 1. The summed E-state index contributed by atoms with van der Waals surface area (Å²) in [5, 5.41) is -0.396. The first-order chi connectivity index (χ1) is 7.80. The van der Waals surface area contributed by atoms with E-state index in [1.54, 1.807) is 0 Å². The third kappa shape index (κ3) is 2.00. The van der Waals surface area contributed by atoms with Gasteiger partial charge in [0.05, 0.1) is 10.6 Å². The molecule has 0 fully saturated rings. The van der Waals surface area contributed by atoms with E-state index in [2.05, 4.69) is 4.98 Å². The summed E-state index contributed by atoms with van der Waals surface area (Å²) in [6.45, 7) is 0. The smallest absolute Gasteiger partial charge is 0.360 e. The lowest BCUT2D eigenvalue weighted by molar-refractivity contribution is -0.0884. The molecule has 0 bridgehead atoms. The number of hydrogen-bond acceptors (Lipinski definition) is 1. The monoisotopic (exact) mass is 265 g/mol. The van der Waals surface area contributed by atoms with Crippen LogP contribution in [-0.4, -0.2) is 16.9 Å². The minimum Gasteiger partial charge on any atom is -0.360 e. The Bertz CT molecular complexity index is 602. The van der Waals surface area contributed by atoms with E-state index in [1.165, 1.54) is 0 Å². The molecule has 0 saturated heterocycles. The van der Waals surface area contributed by atoms with Gasteiger partial charge in [-0.05, 0) is 12.1 Å². The number of alkyl halides is 3. The van der Waals surface area contributed by atoms with Crippen LogP contribution in [0.3, 0.4) is 0 Å². The van der Waals surface area contributed by atoms with Gasteiger partial charge in [-0.2, -0.15) is 13.2 Å². The lowest BCUT2D eigenvalue weighted by Gasteiger charge is -2.03. The van der Waals surface area contributed by atoms with E-state index < -0.39 is 23.3 Å². The van der Waals surface area contributed by atoms with E-state index in [4.69, 9.17) is 11.6 Å². The number of carbonyl (C=O) groups is 1. The Morgan fingerprint density at radius 1 is 1.29 bits per heavy atom. The molecule has 2 rings (SSSR count). The standard InChI is InChI=1S/C10H4ClF4NO/c11-6-1-4-5(9(17)10(13,14)15)3-16-8(4)2-7(6)12/h1-3,16H. The van der Waals surface area contributed by atoms with Crippen molar-refractivity contribution in [3.05, 3.63) is 34.7 Å². The average Bonchev–Trinajstić information content (AvgIpc) is 2.59. The number of carbonyl (C=O) groups excluding carboxylic acids is 1. The van der Waals surface area contributed by atoms with Gasteiger partial charge in [0.2, 0.25) is 0 Å². The molecule has 0 saturated carbocycles. The first-order valence-electron chi connectivity index (χ1n) is 4.38. The first kappa shape index (κ1) is 11.9. The number of H-pyrrole nitrogens is 1. The molecular formula is C10H4ClF4NO. The Labute approximate surface area is 97.2 Å². The van der Waals surface area contributed by atoms with Crippen LogP contribution >= 0.6 is 11.6 Å². The molecule has 2 nitrogen and oxygen atoms in total. The minimum atomic E-state index is -4.98. The summed E-state index contributed by atoms with van der Waals surface area (Å²) >= 11 is 5.45. The van der Waals surface area contributed by atoms with Crippen molar-refractivity contribution in [2.24, 2.45) is 0 Å². The number of fused-ring (bicyclic) bond motifs is 1. The highest BCUT2D eigenvalue weighted by Crippen LogP contribution is 2.29. The van der Waals surface area contributed by atoms with E-state index in [9.17, 15) is 22.4 Å². The largest absolute Gasteiger partial charge is 0.454 e. The quantitative estimate of drug-likeness (QED) is 0.619. The molecule has 0 amide bonds. The highest BCUT2D eigenvalue weighted by Gasteiger charge is 2.40. The molecule has 0 unspecified atom stereocenters. The number of hydrogen-bond donors (Lipinski definition) is 1. The lowest BCUT2D eigenvalue weighted by Crippen LogP contribution is -2.22. The van der Waals surface area contributed by atoms with Gasteiger partial charge < -0.3 is 4.98 Å². The summed E-state index contributed by atoms with van der Waals surface area (Å²) in [6, 6.07) is 1.92. The third-order valence-electron chi connectivity index (χ3n) is 2.22. The molecule has 0 aliphatic heterocycles. The molecule has 17 heavy (non-hydrogen) atoms. The van der Waals surface area contributed by atoms with Gasteiger partial charge in [-0.1, -0.05) is 11.6 Å². The van der Waals surface area contributed by atoms with Crippen LogP contribution in [0.25, 0.3) is 10.9 Å². The predicted molar refractivity (Wildman–Crippen MR) is 53.7 cm³/mol. The fourth-order valence-electron chi connectivity index (χ4n) is 1.46. The van der Waals surface area contributed by atoms with Crippen LogP contribution in [0.4, 0.5) is 17.6 Å². The number of halogens is 5. The minimum absolute atomic E-state index is 0.0567. The summed E-state index contributed by atoms with van der Waals surface area (Å²) < 4.78 is 49.8. The third-order valence-corrected chi connectivity index (χ3v) is 2.51. The van der Waals surface area contributed by atoms with E-state index in [0.717, 1.165) is 18.3 Å². The molecule has 7 heteroatoms. The average molecular weight is 266 g/mol. The molecule has 0 aliphatic rings. The molecule has 1 N–H and O–H groups in total. The van der Waals surface area contributed by atoms with E-state index in [0.29, 0.717) is 0 Å². The molecule has 0 radical (unpaired) electrons. The van der Waals surface area contributed by atoms with Crippen molar-refractivity contribution >= 4 is 28.3 Å². The molecule has 0 aliphatic carbocycles. The van der Waals surface area contributed by atoms with Gasteiger partial charge in [0.1, 0.15) is 5.82 Å². The van der Waals surface area contributed by atoms with Crippen molar-refractivity contribution in [2.45, 2.75) is 6.18 Å². The van der Waals surface area contributed by atoms with Crippen LogP contribution in [0.2, 0.25) is 5.02 Å². The molecule has 0 atom stereocenters. The maximum Gasteiger partial charge on any atom is 0.454 e. The van der Waals surface area contributed by atoms with Crippen molar-refractivity contribution in [3.8, 4) is 0 Å². The Kier molecular flexibility index (Phi) is 2.61. The maximum atomic E-state index is 13.0. The molecule has 1 aromatic heterocycles. The van der Waals surface area contributed by atoms with Crippen LogP contribution in [0.15, 0.2) is 18.3 Å². The first-order valence-corrected chi connectivity index (χ1v) is 4.76. The Morgan fingerprint density at radius 2 is 1.94 bits per heavy atom. The summed E-state index contributed by atoms with van der Waals surface area (Å²) in [5.41, 5.74) is -0.492. The van der Waals surface area contributed by atoms with Gasteiger partial charge in [-0.25, -0.2) is 4.39 Å². The number of ketones is 1. The highest BCUT2D eigenvalue weighted by atomic mass is 35.5. The van der Waals surface area contributed by atoms with Crippen LogP contribution in [0.5, 0.6) is 0 Å². The number of aromatic nitrogens is 1. The molecule has 90 valence electrons. The second kappa shape index (κ2) is 3.73. The summed E-state index contributed by atoms with van der Waals surface area (Å²) in [6.07, 6.45) is -4.09. The second-order valence-electron chi connectivity index (χ2n) is 3.34. The maximum absolute atomic E-state index is 13.0. The number of rotatable bonds is 1. The normalized spacial score (nSPS) is 12.1. The zero-order chi connectivity index (χ0) is 12.8. The van der Waals surface area contributed by atoms with Gasteiger partial charge in [0, 0.05) is 17.1 Å². The van der Waals surface area contributed by atoms with Crippen molar-refractivity contribution in [1.29, 1.82) is 0 Å². The Morgan fingerprint density at radius 3 is 2.53 bits per heavy atom. The number of Topliss-reactive ketones (excluding diaryl/α,β-unsaturated/α-hetero) is 1. The fourth-order valence-corrected chi connectivity index (χ4v) is 1.62. The Balaban J connectivity index is 2.65. The Hall–Kier alpha value is -1.56. The van der Waals surface area contributed by atoms with Crippen LogP contribution in [0.1, 0.15) is 10.4 Å². The number of aromatic amines is 1. The van der Waals surface area contributed by atoms with Gasteiger partial charge in [0.15, 0.2) is 0 Å².